The van der Waals surface area contributed by atoms with E-state index in [0.29, 0.717) is 18.9 Å². The van der Waals surface area contributed by atoms with E-state index < -0.39 is 0 Å². The molecule has 0 aliphatic carbocycles. The van der Waals surface area contributed by atoms with Crippen molar-refractivity contribution in [3.05, 3.63) is 53.9 Å². The molecule has 0 aliphatic rings. The van der Waals surface area contributed by atoms with Crippen LogP contribution in [0, 0.1) is 0 Å². The van der Waals surface area contributed by atoms with Crippen LogP contribution >= 0.6 is 0 Å². The largest absolute Gasteiger partial charge is 0.504 e. The summed E-state index contributed by atoms with van der Waals surface area (Å²) in [5, 5.41) is 13.1. The first kappa shape index (κ1) is 14.3. The predicted octanol–water partition coefficient (Wildman–Crippen LogP) is 3.04. The zero-order chi connectivity index (χ0) is 14.4. The third-order valence-electron chi connectivity index (χ3n) is 3.12. The molecule has 0 bridgehead atoms. The summed E-state index contributed by atoms with van der Waals surface area (Å²) in [5.41, 5.74) is 2.22. The van der Waals surface area contributed by atoms with E-state index in [2.05, 4.69) is 17.2 Å². The van der Waals surface area contributed by atoms with Gasteiger partial charge in [-0.3, -0.25) is 4.98 Å². The quantitative estimate of drug-likeness (QED) is 0.848. The molecule has 0 aliphatic heterocycles. The Labute approximate surface area is 119 Å². The van der Waals surface area contributed by atoms with Gasteiger partial charge >= 0.3 is 0 Å². The van der Waals surface area contributed by atoms with Gasteiger partial charge in [0, 0.05) is 25.0 Å². The fourth-order valence-electron chi connectivity index (χ4n) is 1.96. The van der Waals surface area contributed by atoms with Crippen LogP contribution in [0.5, 0.6) is 11.5 Å². The first-order valence-electron chi connectivity index (χ1n) is 6.78. The number of hydrogen-bond donors (Lipinski definition) is 2. The molecule has 2 N–H and O–H groups in total. The monoisotopic (exact) mass is 272 g/mol. The summed E-state index contributed by atoms with van der Waals surface area (Å²) < 4.78 is 5.38. The molecular weight excluding hydrogens is 252 g/mol. The first-order valence-corrected chi connectivity index (χ1v) is 6.78. The zero-order valence-corrected chi connectivity index (χ0v) is 11.8. The van der Waals surface area contributed by atoms with Crippen LogP contribution in [0.25, 0.3) is 0 Å². The highest BCUT2D eigenvalue weighted by Gasteiger charge is 2.07. The Morgan fingerprint density at radius 1 is 1.35 bits per heavy atom. The molecule has 2 rings (SSSR count). The number of aromatic hydroxyl groups is 1. The minimum Gasteiger partial charge on any atom is -0.504 e. The summed E-state index contributed by atoms with van der Waals surface area (Å²) in [5.74, 6) is 0.705. The van der Waals surface area contributed by atoms with Gasteiger partial charge in [0.2, 0.25) is 0 Å². The summed E-state index contributed by atoms with van der Waals surface area (Å²) in [6, 6.07) is 9.61. The van der Waals surface area contributed by atoms with Gasteiger partial charge < -0.3 is 15.2 Å². The van der Waals surface area contributed by atoms with Gasteiger partial charge in [0.1, 0.15) is 0 Å². The molecule has 106 valence electrons. The van der Waals surface area contributed by atoms with Crippen molar-refractivity contribution in [2.75, 3.05) is 6.61 Å². The van der Waals surface area contributed by atoms with Crippen molar-refractivity contribution < 1.29 is 9.84 Å². The van der Waals surface area contributed by atoms with E-state index in [4.69, 9.17) is 4.74 Å². The fraction of sp³-hybridized carbons (Fsp3) is 0.312. The van der Waals surface area contributed by atoms with Gasteiger partial charge in [-0.1, -0.05) is 12.1 Å². The highest BCUT2D eigenvalue weighted by molar-refractivity contribution is 5.41. The van der Waals surface area contributed by atoms with Crippen molar-refractivity contribution in [2.45, 2.75) is 26.4 Å². The number of hydrogen-bond acceptors (Lipinski definition) is 4. The second-order valence-electron chi connectivity index (χ2n) is 4.62. The summed E-state index contributed by atoms with van der Waals surface area (Å²) in [7, 11) is 0. The van der Waals surface area contributed by atoms with Crippen molar-refractivity contribution in [1.82, 2.24) is 10.3 Å². The number of phenols is 1. The number of phenolic OH excluding ortho intramolecular Hbond substituents is 1. The molecule has 20 heavy (non-hydrogen) atoms. The van der Waals surface area contributed by atoms with Crippen molar-refractivity contribution in [1.29, 1.82) is 0 Å². The molecule has 0 saturated carbocycles. The minimum atomic E-state index is 0.177. The van der Waals surface area contributed by atoms with E-state index in [-0.39, 0.29) is 11.8 Å². The zero-order valence-electron chi connectivity index (χ0n) is 11.8. The Hall–Kier alpha value is -2.07. The van der Waals surface area contributed by atoms with Gasteiger partial charge in [0.05, 0.1) is 6.61 Å². The summed E-state index contributed by atoms with van der Waals surface area (Å²) in [6.07, 6.45) is 3.63. The number of ether oxygens (including phenoxy) is 1. The molecule has 0 radical (unpaired) electrons. The third-order valence-corrected chi connectivity index (χ3v) is 3.12. The van der Waals surface area contributed by atoms with E-state index in [1.54, 1.807) is 12.3 Å². The van der Waals surface area contributed by atoms with Crippen molar-refractivity contribution in [3.63, 3.8) is 0 Å². The fourth-order valence-corrected chi connectivity index (χ4v) is 1.96. The Bertz CT molecular complexity index is 543. The number of aromatic nitrogens is 1. The topological polar surface area (TPSA) is 54.4 Å². The average Bonchev–Trinajstić information content (AvgIpc) is 2.49. The number of benzene rings is 1. The van der Waals surface area contributed by atoms with Crippen LogP contribution in [0.4, 0.5) is 0 Å². The van der Waals surface area contributed by atoms with Gasteiger partial charge in [-0.2, -0.15) is 0 Å². The lowest BCUT2D eigenvalue weighted by atomic mass is 10.1. The SMILES string of the molecule is CCOc1cc(CN[C@@H](C)c2cccnc2)ccc1O. The lowest BCUT2D eigenvalue weighted by Crippen LogP contribution is -2.18. The molecule has 1 aromatic heterocycles. The van der Waals surface area contributed by atoms with Gasteiger partial charge in [0.25, 0.3) is 0 Å². The molecular formula is C16H20N2O2. The van der Waals surface area contributed by atoms with Gasteiger partial charge in [-0.05, 0) is 43.2 Å². The molecule has 0 amide bonds. The second-order valence-corrected chi connectivity index (χ2v) is 4.62. The molecule has 4 nitrogen and oxygen atoms in total. The Balaban J connectivity index is 1.98. The van der Waals surface area contributed by atoms with E-state index in [1.807, 2.05) is 37.4 Å². The molecule has 1 heterocycles. The molecule has 0 saturated heterocycles. The first-order chi connectivity index (χ1) is 9.70. The molecule has 4 heteroatoms. The highest BCUT2D eigenvalue weighted by Crippen LogP contribution is 2.27. The Morgan fingerprint density at radius 3 is 2.90 bits per heavy atom. The molecule has 0 fully saturated rings. The van der Waals surface area contributed by atoms with Crippen LogP contribution in [-0.2, 0) is 6.54 Å². The smallest absolute Gasteiger partial charge is 0.161 e. The third kappa shape index (κ3) is 3.71. The predicted molar refractivity (Wildman–Crippen MR) is 78.8 cm³/mol. The number of pyridine rings is 1. The number of nitrogens with one attached hydrogen (secondary N) is 1. The van der Waals surface area contributed by atoms with Crippen LogP contribution < -0.4 is 10.1 Å². The molecule has 2 aromatic rings. The lowest BCUT2D eigenvalue weighted by molar-refractivity contribution is 0.317. The van der Waals surface area contributed by atoms with Crippen LogP contribution in [-0.4, -0.2) is 16.7 Å². The van der Waals surface area contributed by atoms with E-state index in [0.717, 1.165) is 11.1 Å². The Morgan fingerprint density at radius 2 is 2.20 bits per heavy atom. The summed E-state index contributed by atoms with van der Waals surface area (Å²) in [4.78, 5) is 4.12. The summed E-state index contributed by atoms with van der Waals surface area (Å²) in [6.45, 7) is 5.24. The van der Waals surface area contributed by atoms with Gasteiger partial charge in [-0.25, -0.2) is 0 Å². The van der Waals surface area contributed by atoms with Gasteiger partial charge in [0.15, 0.2) is 11.5 Å². The normalized spacial score (nSPS) is 12.1. The maximum absolute atomic E-state index is 9.67. The minimum absolute atomic E-state index is 0.177. The maximum Gasteiger partial charge on any atom is 0.161 e. The highest BCUT2D eigenvalue weighted by atomic mass is 16.5. The molecule has 1 aromatic carbocycles. The van der Waals surface area contributed by atoms with E-state index in [1.165, 1.54) is 0 Å². The Kier molecular flexibility index (Phi) is 4.96. The van der Waals surface area contributed by atoms with E-state index >= 15 is 0 Å². The van der Waals surface area contributed by atoms with E-state index in [9.17, 15) is 5.11 Å². The van der Waals surface area contributed by atoms with Crippen LogP contribution in [0.1, 0.15) is 31.0 Å². The number of nitrogens with zero attached hydrogens (tertiary/aromatic N) is 1. The average molecular weight is 272 g/mol. The van der Waals surface area contributed by atoms with Gasteiger partial charge in [-0.15, -0.1) is 0 Å². The van der Waals surface area contributed by atoms with Crippen LogP contribution in [0.3, 0.4) is 0 Å². The lowest BCUT2D eigenvalue weighted by Gasteiger charge is -2.14. The van der Waals surface area contributed by atoms with Crippen LogP contribution in [0.15, 0.2) is 42.7 Å². The standard InChI is InChI=1S/C16H20N2O2/c1-3-20-16-9-13(6-7-15(16)19)10-18-12(2)14-5-4-8-17-11-14/h4-9,11-12,18-19H,3,10H2,1-2H3/t12-/m0/s1. The van der Waals surface area contributed by atoms with Crippen molar-refractivity contribution in [2.24, 2.45) is 0 Å². The maximum atomic E-state index is 9.67. The van der Waals surface area contributed by atoms with Crippen molar-refractivity contribution in [3.8, 4) is 11.5 Å². The molecule has 0 spiro atoms. The van der Waals surface area contributed by atoms with Crippen molar-refractivity contribution >= 4 is 0 Å². The summed E-state index contributed by atoms with van der Waals surface area (Å²) >= 11 is 0. The molecule has 0 unspecified atom stereocenters. The molecule has 1 atom stereocenters. The van der Waals surface area contributed by atoms with Crippen LogP contribution in [0.2, 0.25) is 0 Å². The number of rotatable bonds is 6. The second kappa shape index (κ2) is 6.91.